The van der Waals surface area contributed by atoms with Gasteiger partial charge in [0.2, 0.25) is 11.6 Å². The van der Waals surface area contributed by atoms with Gasteiger partial charge < -0.3 is 23.5 Å². The van der Waals surface area contributed by atoms with Gasteiger partial charge in [0.05, 0.1) is 17.6 Å². The second-order valence-corrected chi connectivity index (χ2v) is 6.22. The Morgan fingerprint density at radius 3 is 3.00 bits per heavy atom. The van der Waals surface area contributed by atoms with Gasteiger partial charge in [-0.1, -0.05) is 11.2 Å². The summed E-state index contributed by atoms with van der Waals surface area (Å²) in [5.41, 5.74) is 0.282. The zero-order chi connectivity index (χ0) is 17.9. The highest BCUT2D eigenvalue weighted by molar-refractivity contribution is 7.13. The van der Waals surface area contributed by atoms with Crippen LogP contribution in [0.15, 0.2) is 34.2 Å². The summed E-state index contributed by atoms with van der Waals surface area (Å²) >= 11 is 1.50. The number of carbonyl (C=O) groups excluding carboxylic acids is 1. The molecule has 134 valence electrons. The summed E-state index contributed by atoms with van der Waals surface area (Å²) in [5.74, 6) is 1.45. The van der Waals surface area contributed by atoms with Gasteiger partial charge in [-0.3, -0.25) is 0 Å². The van der Waals surface area contributed by atoms with E-state index in [2.05, 4.69) is 10.1 Å². The van der Waals surface area contributed by atoms with E-state index in [1.807, 2.05) is 17.5 Å². The molecule has 3 aromatic rings. The molecule has 0 radical (unpaired) electrons. The summed E-state index contributed by atoms with van der Waals surface area (Å²) in [6, 6.07) is 6.88. The molecule has 0 atom stereocenters. The zero-order valence-electron chi connectivity index (χ0n) is 13.8. The van der Waals surface area contributed by atoms with Crippen LogP contribution < -0.4 is 14.2 Å². The van der Waals surface area contributed by atoms with Gasteiger partial charge in [0.1, 0.15) is 13.2 Å². The lowest BCUT2D eigenvalue weighted by Crippen LogP contribution is -2.17. The lowest BCUT2D eigenvalue weighted by atomic mass is 10.1. The molecule has 0 unspecified atom stereocenters. The highest BCUT2D eigenvalue weighted by Crippen LogP contribution is 2.40. The first-order valence-corrected chi connectivity index (χ1v) is 8.64. The summed E-state index contributed by atoms with van der Waals surface area (Å²) in [6.07, 6.45) is 0. The van der Waals surface area contributed by atoms with E-state index in [0.717, 1.165) is 4.88 Å². The molecule has 1 aromatic carbocycles. The van der Waals surface area contributed by atoms with Gasteiger partial charge in [-0.25, -0.2) is 4.79 Å². The van der Waals surface area contributed by atoms with Gasteiger partial charge in [-0.05, 0) is 23.6 Å². The van der Waals surface area contributed by atoms with E-state index < -0.39 is 5.97 Å². The number of aromatic nitrogens is 2. The fourth-order valence-corrected chi connectivity index (χ4v) is 3.07. The SMILES string of the molecule is COc1cc(C(=O)OCc2nc(-c3cccs3)no2)cc2c1OCCO2. The average Bonchev–Trinajstić information content (AvgIpc) is 3.36. The van der Waals surface area contributed by atoms with Crippen LogP contribution in [0.4, 0.5) is 0 Å². The fourth-order valence-electron chi connectivity index (χ4n) is 2.42. The molecule has 1 aliphatic heterocycles. The van der Waals surface area contributed by atoms with E-state index >= 15 is 0 Å². The first kappa shape index (κ1) is 16.4. The molecular weight excluding hydrogens is 360 g/mol. The Hall–Kier alpha value is -3.07. The van der Waals surface area contributed by atoms with Gasteiger partial charge in [0, 0.05) is 0 Å². The molecule has 9 heteroatoms. The minimum Gasteiger partial charge on any atom is -0.493 e. The zero-order valence-corrected chi connectivity index (χ0v) is 14.6. The van der Waals surface area contributed by atoms with E-state index in [1.54, 1.807) is 12.1 Å². The molecule has 2 aromatic heterocycles. The third-order valence-electron chi connectivity index (χ3n) is 3.60. The van der Waals surface area contributed by atoms with Crippen LogP contribution in [0.2, 0.25) is 0 Å². The predicted octanol–water partition coefficient (Wildman–Crippen LogP) is 2.93. The third-order valence-corrected chi connectivity index (χ3v) is 4.47. The van der Waals surface area contributed by atoms with Crippen molar-refractivity contribution in [1.82, 2.24) is 10.1 Å². The van der Waals surface area contributed by atoms with Crippen molar-refractivity contribution in [3.8, 4) is 28.0 Å². The number of esters is 1. The summed E-state index contributed by atoms with van der Waals surface area (Å²) in [5, 5.41) is 5.79. The standard InChI is InChI=1S/C17H14N2O6S/c1-21-11-7-10(8-12-15(11)23-5-4-22-12)17(20)24-9-14-18-16(19-25-14)13-3-2-6-26-13/h2-3,6-8H,4-5,9H2,1H3. The van der Waals surface area contributed by atoms with Crippen LogP contribution in [0.5, 0.6) is 17.2 Å². The number of hydrogen-bond donors (Lipinski definition) is 0. The third kappa shape index (κ3) is 3.21. The minimum atomic E-state index is -0.559. The normalized spacial score (nSPS) is 12.7. The van der Waals surface area contributed by atoms with Gasteiger partial charge in [0.15, 0.2) is 18.1 Å². The molecule has 0 bridgehead atoms. The molecule has 26 heavy (non-hydrogen) atoms. The molecule has 3 heterocycles. The Labute approximate surface area is 152 Å². The number of fused-ring (bicyclic) bond motifs is 1. The molecule has 0 saturated heterocycles. The van der Waals surface area contributed by atoms with Gasteiger partial charge in [0.25, 0.3) is 5.89 Å². The molecule has 0 spiro atoms. The van der Waals surface area contributed by atoms with Crippen molar-refractivity contribution in [1.29, 1.82) is 0 Å². The molecule has 0 amide bonds. The number of thiophene rings is 1. The first-order chi connectivity index (χ1) is 12.7. The van der Waals surface area contributed by atoms with Crippen LogP contribution in [-0.2, 0) is 11.3 Å². The number of hydrogen-bond acceptors (Lipinski definition) is 9. The molecule has 0 N–H and O–H groups in total. The number of carbonyl (C=O) groups is 1. The van der Waals surface area contributed by atoms with Crippen LogP contribution in [0, 0.1) is 0 Å². The van der Waals surface area contributed by atoms with Crippen molar-refractivity contribution < 1.29 is 28.3 Å². The van der Waals surface area contributed by atoms with Crippen molar-refractivity contribution in [3.05, 3.63) is 41.1 Å². The Morgan fingerprint density at radius 2 is 2.19 bits per heavy atom. The van der Waals surface area contributed by atoms with E-state index in [1.165, 1.54) is 18.4 Å². The molecule has 0 fully saturated rings. The number of benzene rings is 1. The Morgan fingerprint density at radius 1 is 1.31 bits per heavy atom. The van der Waals surface area contributed by atoms with Gasteiger partial charge >= 0.3 is 5.97 Å². The largest absolute Gasteiger partial charge is 0.493 e. The van der Waals surface area contributed by atoms with Crippen molar-refractivity contribution in [3.63, 3.8) is 0 Å². The predicted molar refractivity (Wildman–Crippen MR) is 90.7 cm³/mol. The molecule has 0 aliphatic carbocycles. The highest BCUT2D eigenvalue weighted by atomic mass is 32.1. The van der Waals surface area contributed by atoms with Crippen LogP contribution in [0.3, 0.4) is 0 Å². The Balaban J connectivity index is 1.47. The maximum absolute atomic E-state index is 12.3. The monoisotopic (exact) mass is 374 g/mol. The Kier molecular flexibility index (Phi) is 4.44. The second-order valence-electron chi connectivity index (χ2n) is 5.27. The lowest BCUT2D eigenvalue weighted by Gasteiger charge is -2.21. The van der Waals surface area contributed by atoms with Crippen LogP contribution in [0.1, 0.15) is 16.2 Å². The quantitative estimate of drug-likeness (QED) is 0.630. The first-order valence-electron chi connectivity index (χ1n) is 7.76. The molecule has 8 nitrogen and oxygen atoms in total. The van der Waals surface area contributed by atoms with Crippen LogP contribution >= 0.6 is 11.3 Å². The fraction of sp³-hybridized carbons (Fsp3) is 0.235. The van der Waals surface area contributed by atoms with Gasteiger partial charge in [-0.2, -0.15) is 4.98 Å². The Bertz CT molecular complexity index is 904. The lowest BCUT2D eigenvalue weighted by molar-refractivity contribution is 0.0428. The molecule has 1 aliphatic rings. The van der Waals surface area contributed by atoms with Crippen LogP contribution in [-0.4, -0.2) is 36.4 Å². The summed E-state index contributed by atoms with van der Waals surface area (Å²) < 4.78 is 26.6. The molecular formula is C17H14N2O6S. The van der Waals surface area contributed by atoms with E-state index in [9.17, 15) is 4.79 Å². The van der Waals surface area contributed by atoms with E-state index in [0.29, 0.717) is 36.3 Å². The number of methoxy groups -OCH3 is 1. The maximum Gasteiger partial charge on any atom is 0.338 e. The second kappa shape index (κ2) is 7.04. The van der Waals surface area contributed by atoms with Crippen molar-refractivity contribution in [2.45, 2.75) is 6.61 Å². The summed E-state index contributed by atoms with van der Waals surface area (Å²) in [7, 11) is 1.49. The number of nitrogens with zero attached hydrogens (tertiary/aromatic N) is 2. The van der Waals surface area contributed by atoms with Crippen molar-refractivity contribution >= 4 is 17.3 Å². The molecule has 4 rings (SSSR count). The minimum absolute atomic E-state index is 0.131. The van der Waals surface area contributed by atoms with E-state index in [4.69, 9.17) is 23.5 Å². The number of rotatable bonds is 5. The maximum atomic E-state index is 12.3. The molecule has 0 saturated carbocycles. The topological polar surface area (TPSA) is 92.9 Å². The average molecular weight is 374 g/mol. The smallest absolute Gasteiger partial charge is 0.338 e. The van der Waals surface area contributed by atoms with Crippen molar-refractivity contribution in [2.75, 3.05) is 20.3 Å². The van der Waals surface area contributed by atoms with Crippen LogP contribution in [0.25, 0.3) is 10.7 Å². The van der Waals surface area contributed by atoms with Gasteiger partial charge in [-0.15, -0.1) is 11.3 Å². The van der Waals surface area contributed by atoms with Crippen molar-refractivity contribution in [2.24, 2.45) is 0 Å². The number of ether oxygens (including phenoxy) is 4. The summed E-state index contributed by atoms with van der Waals surface area (Å²) in [6.45, 7) is 0.701. The van der Waals surface area contributed by atoms with E-state index in [-0.39, 0.29) is 18.1 Å². The highest BCUT2D eigenvalue weighted by Gasteiger charge is 2.22. The summed E-state index contributed by atoms with van der Waals surface area (Å²) in [4.78, 5) is 17.4.